The molecule has 0 saturated heterocycles. The molecule has 0 aromatic heterocycles. The third kappa shape index (κ3) is 4.53. The molecule has 2 aromatic carbocycles. The summed E-state index contributed by atoms with van der Waals surface area (Å²) in [7, 11) is 0. The highest BCUT2D eigenvalue weighted by molar-refractivity contribution is 6.12. The number of nitrogens with zero attached hydrogens (tertiary/aromatic N) is 1. The number of hydrogen-bond acceptors (Lipinski definition) is 3. The molecule has 1 heterocycles. The van der Waals surface area contributed by atoms with Gasteiger partial charge in [0.2, 0.25) is 5.91 Å². The summed E-state index contributed by atoms with van der Waals surface area (Å²) < 4.78 is 19.3. The summed E-state index contributed by atoms with van der Waals surface area (Å²) in [4.78, 5) is 27.2. The highest BCUT2D eigenvalue weighted by Crippen LogP contribution is 2.35. The number of para-hydroxylation sites is 2. The average molecular weight is 408 g/mol. The minimum absolute atomic E-state index is 0.0543. The van der Waals surface area contributed by atoms with Gasteiger partial charge in [-0.05, 0) is 67.5 Å². The quantitative estimate of drug-likeness (QED) is 0.768. The Hall–Kier alpha value is -3.15. The Balaban J connectivity index is 1.55. The van der Waals surface area contributed by atoms with Gasteiger partial charge in [0.15, 0.2) is 11.5 Å². The van der Waals surface area contributed by atoms with Crippen molar-refractivity contribution in [3.63, 3.8) is 0 Å². The first-order valence-corrected chi connectivity index (χ1v) is 10.3. The van der Waals surface area contributed by atoms with Crippen molar-refractivity contribution >= 4 is 23.6 Å². The Labute approximate surface area is 175 Å². The van der Waals surface area contributed by atoms with E-state index in [1.54, 1.807) is 36.4 Å². The second kappa shape index (κ2) is 8.69. The molecule has 2 aliphatic rings. The molecule has 1 fully saturated rings. The van der Waals surface area contributed by atoms with Gasteiger partial charge in [-0.3, -0.25) is 14.5 Å². The second-order valence-corrected chi connectivity index (χ2v) is 8.05. The summed E-state index contributed by atoms with van der Waals surface area (Å²) in [5.41, 5.74) is 1.06. The minimum atomic E-state index is -0.426. The first-order valence-electron chi connectivity index (χ1n) is 10.3. The smallest absolute Gasteiger partial charge is 0.294 e. The van der Waals surface area contributed by atoms with Crippen LogP contribution in [0.25, 0.3) is 6.08 Å². The molecule has 0 unspecified atom stereocenters. The van der Waals surface area contributed by atoms with Gasteiger partial charge in [-0.15, -0.1) is 0 Å². The van der Waals surface area contributed by atoms with E-state index in [1.165, 1.54) is 23.1 Å². The molecule has 6 heteroatoms. The van der Waals surface area contributed by atoms with Crippen molar-refractivity contribution in [2.45, 2.75) is 38.6 Å². The number of ether oxygens (including phenoxy) is 1. The fourth-order valence-corrected chi connectivity index (χ4v) is 3.99. The number of rotatable bonds is 4. The lowest BCUT2D eigenvalue weighted by Gasteiger charge is -2.31. The van der Waals surface area contributed by atoms with E-state index in [-0.39, 0.29) is 24.3 Å². The van der Waals surface area contributed by atoms with Crippen molar-refractivity contribution in [2.24, 2.45) is 5.92 Å². The van der Waals surface area contributed by atoms with Gasteiger partial charge < -0.3 is 10.1 Å². The van der Waals surface area contributed by atoms with Crippen molar-refractivity contribution < 1.29 is 18.7 Å². The highest BCUT2D eigenvalue weighted by atomic mass is 19.1. The molecule has 0 radical (unpaired) electrons. The van der Waals surface area contributed by atoms with Crippen LogP contribution in [-0.4, -0.2) is 24.4 Å². The molecule has 2 aromatic rings. The summed E-state index contributed by atoms with van der Waals surface area (Å²) in [6.45, 7) is 2.14. The molecule has 1 aliphatic carbocycles. The summed E-state index contributed by atoms with van der Waals surface area (Å²) in [5, 5.41) is 3.07. The molecule has 0 bridgehead atoms. The Bertz CT molecular complexity index is 980. The summed E-state index contributed by atoms with van der Waals surface area (Å²) in [5.74, 6) is 0.222. The molecule has 5 nitrogen and oxygen atoms in total. The van der Waals surface area contributed by atoms with Crippen molar-refractivity contribution in [1.82, 2.24) is 5.32 Å². The Kier molecular flexibility index (Phi) is 5.84. The number of amides is 2. The van der Waals surface area contributed by atoms with Crippen molar-refractivity contribution in [3.8, 4) is 5.75 Å². The molecule has 0 spiro atoms. The molecule has 30 heavy (non-hydrogen) atoms. The van der Waals surface area contributed by atoms with E-state index in [4.69, 9.17) is 4.74 Å². The average Bonchev–Trinajstić information content (AvgIpc) is 2.73. The van der Waals surface area contributed by atoms with Crippen molar-refractivity contribution in [3.05, 3.63) is 65.7 Å². The number of carbonyl (C=O) groups excluding carboxylic acids is 2. The first kappa shape index (κ1) is 20.1. The van der Waals surface area contributed by atoms with Gasteiger partial charge in [0.25, 0.3) is 5.91 Å². The molecular weight excluding hydrogens is 383 g/mol. The van der Waals surface area contributed by atoms with Gasteiger partial charge in [-0.2, -0.15) is 0 Å². The van der Waals surface area contributed by atoms with Crippen LogP contribution in [0.15, 0.2) is 54.3 Å². The summed E-state index contributed by atoms with van der Waals surface area (Å²) >= 11 is 0. The number of nitrogens with one attached hydrogen (secondary N) is 1. The second-order valence-electron chi connectivity index (χ2n) is 8.05. The van der Waals surface area contributed by atoms with Crippen molar-refractivity contribution in [2.75, 3.05) is 11.4 Å². The van der Waals surface area contributed by atoms with Gasteiger partial charge >= 0.3 is 0 Å². The normalized spacial score (nSPS) is 22.4. The standard InChI is InChI=1S/C24H25FN2O3/c1-16-9-11-19(12-10-16)26-23(28)15-27-20-7-2-3-8-21(20)30-22(24(27)29)14-17-5-4-6-18(25)13-17/h2-8,13-14,16,19H,9-12,15H2,1H3,(H,26,28). The summed E-state index contributed by atoms with van der Waals surface area (Å²) in [6, 6.07) is 13.2. The predicted octanol–water partition coefficient (Wildman–Crippen LogP) is 4.29. The molecule has 2 amide bonds. The Morgan fingerprint density at radius 1 is 1.17 bits per heavy atom. The monoisotopic (exact) mass is 408 g/mol. The third-order valence-electron chi connectivity index (χ3n) is 5.66. The number of carbonyl (C=O) groups is 2. The predicted molar refractivity (Wildman–Crippen MR) is 113 cm³/mol. The molecule has 0 atom stereocenters. The van der Waals surface area contributed by atoms with Crippen LogP contribution < -0.4 is 15.0 Å². The van der Waals surface area contributed by atoms with Crippen LogP contribution >= 0.6 is 0 Å². The minimum Gasteiger partial charge on any atom is -0.449 e. The van der Waals surface area contributed by atoms with Crippen LogP contribution in [0, 0.1) is 11.7 Å². The molecule has 156 valence electrons. The maximum absolute atomic E-state index is 13.5. The highest BCUT2D eigenvalue weighted by Gasteiger charge is 2.32. The van der Waals surface area contributed by atoms with E-state index in [0.717, 1.165) is 25.7 Å². The maximum Gasteiger partial charge on any atom is 0.294 e. The fraction of sp³-hybridized carbons (Fsp3) is 0.333. The van der Waals surface area contributed by atoms with E-state index in [9.17, 15) is 14.0 Å². The number of benzene rings is 2. The Morgan fingerprint density at radius 3 is 2.70 bits per heavy atom. The molecule has 1 N–H and O–H groups in total. The number of halogens is 1. The van der Waals surface area contributed by atoms with Gasteiger partial charge in [0.05, 0.1) is 5.69 Å². The maximum atomic E-state index is 13.5. The molecule has 4 rings (SSSR count). The van der Waals surface area contributed by atoms with E-state index in [0.29, 0.717) is 22.9 Å². The first-order chi connectivity index (χ1) is 14.5. The van der Waals surface area contributed by atoms with E-state index < -0.39 is 11.7 Å². The lowest BCUT2D eigenvalue weighted by Crippen LogP contribution is -2.47. The van der Waals surface area contributed by atoms with Crippen molar-refractivity contribution in [1.29, 1.82) is 0 Å². The van der Waals surface area contributed by atoms with E-state index in [1.807, 2.05) is 0 Å². The third-order valence-corrected chi connectivity index (χ3v) is 5.66. The fourth-order valence-electron chi connectivity index (χ4n) is 3.99. The SMILES string of the molecule is CC1CCC(NC(=O)CN2C(=O)C(=Cc3cccc(F)c3)Oc3ccccc32)CC1. The van der Waals surface area contributed by atoms with Crippen LogP contribution in [0.2, 0.25) is 0 Å². The number of fused-ring (bicyclic) bond motifs is 1. The van der Waals surface area contributed by atoms with Gasteiger partial charge in [-0.25, -0.2) is 4.39 Å². The zero-order valence-electron chi connectivity index (χ0n) is 16.9. The van der Waals surface area contributed by atoms with Gasteiger partial charge in [-0.1, -0.05) is 31.2 Å². The zero-order chi connectivity index (χ0) is 21.1. The topological polar surface area (TPSA) is 58.6 Å². The molecule has 1 saturated carbocycles. The van der Waals surface area contributed by atoms with E-state index >= 15 is 0 Å². The summed E-state index contributed by atoms with van der Waals surface area (Å²) in [6.07, 6.45) is 5.63. The van der Waals surface area contributed by atoms with Gasteiger partial charge in [0, 0.05) is 6.04 Å². The van der Waals surface area contributed by atoms with Gasteiger partial charge in [0.1, 0.15) is 12.4 Å². The molecular formula is C24H25FN2O3. The Morgan fingerprint density at radius 2 is 1.93 bits per heavy atom. The van der Waals surface area contributed by atoms with E-state index in [2.05, 4.69) is 12.2 Å². The molecule has 1 aliphatic heterocycles. The van der Waals surface area contributed by atoms with Crippen LogP contribution in [0.1, 0.15) is 38.2 Å². The number of anilines is 1. The number of hydrogen-bond donors (Lipinski definition) is 1. The van der Waals surface area contributed by atoms with Crippen LogP contribution in [0.5, 0.6) is 5.75 Å². The zero-order valence-corrected chi connectivity index (χ0v) is 16.9. The lowest BCUT2D eigenvalue weighted by atomic mass is 9.87. The van der Waals surface area contributed by atoms with Crippen LogP contribution in [-0.2, 0) is 9.59 Å². The largest absolute Gasteiger partial charge is 0.449 e. The van der Waals surface area contributed by atoms with Crippen LogP contribution in [0.4, 0.5) is 10.1 Å². The lowest BCUT2D eigenvalue weighted by molar-refractivity contribution is -0.124. The van der Waals surface area contributed by atoms with Crippen LogP contribution in [0.3, 0.4) is 0 Å².